The second-order valence-electron chi connectivity index (χ2n) is 3.70. The van der Waals surface area contributed by atoms with Gasteiger partial charge in [-0.15, -0.1) is 0 Å². The summed E-state index contributed by atoms with van der Waals surface area (Å²) in [5.41, 5.74) is 1.99. The number of rotatable bonds is 2. The van der Waals surface area contributed by atoms with Crippen molar-refractivity contribution >= 4 is 12.3 Å². The third-order valence-corrected chi connectivity index (χ3v) is 2.23. The molecular formula is C15H14O3. The molecule has 0 atom stereocenters. The van der Waals surface area contributed by atoms with E-state index in [1.807, 2.05) is 18.2 Å². The van der Waals surface area contributed by atoms with Gasteiger partial charge in [-0.2, -0.15) is 0 Å². The molecule has 3 heteroatoms. The SMILES string of the molecule is Cc1ccccc1.O=Cc1ccc(C(=O)O)cc1. The van der Waals surface area contributed by atoms with Gasteiger partial charge in [-0.25, -0.2) is 4.79 Å². The van der Waals surface area contributed by atoms with Crippen LogP contribution in [0.5, 0.6) is 0 Å². The number of hydrogen-bond acceptors (Lipinski definition) is 2. The van der Waals surface area contributed by atoms with Crippen LogP contribution in [0.1, 0.15) is 26.3 Å². The van der Waals surface area contributed by atoms with Crippen molar-refractivity contribution in [2.45, 2.75) is 6.92 Å². The smallest absolute Gasteiger partial charge is 0.335 e. The monoisotopic (exact) mass is 242 g/mol. The molecule has 0 amide bonds. The number of hydrogen-bond donors (Lipinski definition) is 1. The highest BCUT2D eigenvalue weighted by Crippen LogP contribution is 2.01. The Hall–Kier alpha value is -2.42. The van der Waals surface area contributed by atoms with Crippen molar-refractivity contribution in [3.8, 4) is 0 Å². The Kier molecular flexibility index (Phi) is 5.32. The van der Waals surface area contributed by atoms with Crippen LogP contribution in [0, 0.1) is 6.92 Å². The van der Waals surface area contributed by atoms with Crippen LogP contribution in [-0.4, -0.2) is 17.4 Å². The predicted molar refractivity (Wildman–Crippen MR) is 70.0 cm³/mol. The molecule has 0 spiro atoms. The molecular weight excluding hydrogens is 228 g/mol. The van der Waals surface area contributed by atoms with Crippen LogP contribution >= 0.6 is 0 Å². The van der Waals surface area contributed by atoms with E-state index in [1.165, 1.54) is 29.8 Å². The zero-order valence-corrected chi connectivity index (χ0v) is 10.0. The highest BCUT2D eigenvalue weighted by atomic mass is 16.4. The zero-order valence-electron chi connectivity index (χ0n) is 10.0. The normalized spacial score (nSPS) is 8.94. The minimum atomic E-state index is -0.984. The molecule has 0 aliphatic heterocycles. The fraction of sp³-hybridized carbons (Fsp3) is 0.0667. The van der Waals surface area contributed by atoms with E-state index in [9.17, 15) is 9.59 Å². The first-order valence-corrected chi connectivity index (χ1v) is 5.43. The van der Waals surface area contributed by atoms with Crippen LogP contribution in [0.15, 0.2) is 54.6 Å². The number of carboxylic acid groups (broad SMARTS) is 1. The summed E-state index contributed by atoms with van der Waals surface area (Å²) in [7, 11) is 0. The number of aldehydes is 1. The van der Waals surface area contributed by atoms with Gasteiger partial charge in [0.05, 0.1) is 5.56 Å². The van der Waals surface area contributed by atoms with Gasteiger partial charge < -0.3 is 5.11 Å². The standard InChI is InChI=1S/C8H6O3.C7H8/c9-5-6-1-3-7(4-2-6)8(10)11;1-7-5-3-2-4-6-7/h1-5H,(H,10,11);2-6H,1H3. The molecule has 0 heterocycles. The highest BCUT2D eigenvalue weighted by molar-refractivity contribution is 5.88. The van der Waals surface area contributed by atoms with Crippen molar-refractivity contribution in [2.24, 2.45) is 0 Å². The molecule has 2 rings (SSSR count). The van der Waals surface area contributed by atoms with Gasteiger partial charge in [0.15, 0.2) is 0 Å². The van der Waals surface area contributed by atoms with Crippen molar-refractivity contribution < 1.29 is 14.7 Å². The Labute approximate surface area is 106 Å². The van der Waals surface area contributed by atoms with E-state index >= 15 is 0 Å². The Morgan fingerprint density at radius 2 is 1.56 bits per heavy atom. The lowest BCUT2D eigenvalue weighted by molar-refractivity contribution is 0.0696. The highest BCUT2D eigenvalue weighted by Gasteiger charge is 1.99. The largest absolute Gasteiger partial charge is 0.478 e. The molecule has 0 unspecified atom stereocenters. The summed E-state index contributed by atoms with van der Waals surface area (Å²) >= 11 is 0. The van der Waals surface area contributed by atoms with E-state index in [2.05, 4.69) is 19.1 Å². The molecule has 0 aliphatic carbocycles. The van der Waals surface area contributed by atoms with Crippen LogP contribution in [0.3, 0.4) is 0 Å². The predicted octanol–water partition coefficient (Wildman–Crippen LogP) is 3.19. The quantitative estimate of drug-likeness (QED) is 0.823. The van der Waals surface area contributed by atoms with Gasteiger partial charge in [0, 0.05) is 5.56 Å². The van der Waals surface area contributed by atoms with E-state index in [0.717, 1.165) is 0 Å². The molecule has 2 aromatic carbocycles. The van der Waals surface area contributed by atoms with E-state index < -0.39 is 5.97 Å². The average molecular weight is 242 g/mol. The molecule has 1 N–H and O–H groups in total. The molecule has 3 nitrogen and oxygen atoms in total. The van der Waals surface area contributed by atoms with E-state index in [4.69, 9.17) is 5.11 Å². The summed E-state index contributed by atoms with van der Waals surface area (Å²) in [6.45, 7) is 2.08. The van der Waals surface area contributed by atoms with Crippen LogP contribution in [0.25, 0.3) is 0 Å². The second-order valence-corrected chi connectivity index (χ2v) is 3.70. The summed E-state index contributed by atoms with van der Waals surface area (Å²) in [6.07, 6.45) is 0.672. The third kappa shape index (κ3) is 4.61. The second kappa shape index (κ2) is 7.01. The first kappa shape index (κ1) is 13.6. The van der Waals surface area contributed by atoms with Gasteiger partial charge in [0.25, 0.3) is 0 Å². The van der Waals surface area contributed by atoms with Gasteiger partial charge in [-0.3, -0.25) is 4.79 Å². The molecule has 92 valence electrons. The van der Waals surface area contributed by atoms with Gasteiger partial charge in [-0.05, 0) is 19.1 Å². The van der Waals surface area contributed by atoms with Gasteiger partial charge >= 0.3 is 5.97 Å². The lowest BCUT2D eigenvalue weighted by atomic mass is 10.1. The van der Waals surface area contributed by atoms with Crippen LogP contribution < -0.4 is 0 Å². The number of aromatic carboxylic acids is 1. The molecule has 0 aromatic heterocycles. The minimum absolute atomic E-state index is 0.190. The van der Waals surface area contributed by atoms with Gasteiger partial charge in [0.2, 0.25) is 0 Å². The summed E-state index contributed by atoms with van der Waals surface area (Å²) < 4.78 is 0. The lowest BCUT2D eigenvalue weighted by Gasteiger charge is -1.92. The Bertz CT molecular complexity index is 501. The topological polar surface area (TPSA) is 54.4 Å². The number of carbonyl (C=O) groups excluding carboxylic acids is 1. The van der Waals surface area contributed by atoms with E-state index in [-0.39, 0.29) is 5.56 Å². The summed E-state index contributed by atoms with van der Waals surface area (Å²) in [5, 5.41) is 8.46. The maximum atomic E-state index is 10.3. The van der Waals surface area contributed by atoms with Crippen LogP contribution in [0.2, 0.25) is 0 Å². The number of benzene rings is 2. The molecule has 0 saturated heterocycles. The number of carbonyl (C=O) groups is 2. The molecule has 18 heavy (non-hydrogen) atoms. The Morgan fingerprint density at radius 1 is 1.00 bits per heavy atom. The van der Waals surface area contributed by atoms with E-state index in [0.29, 0.717) is 11.8 Å². The number of carboxylic acids is 1. The fourth-order valence-electron chi connectivity index (χ4n) is 1.24. The first-order chi connectivity index (χ1) is 8.63. The van der Waals surface area contributed by atoms with Crippen molar-refractivity contribution in [2.75, 3.05) is 0 Å². The van der Waals surface area contributed by atoms with Crippen LogP contribution in [0.4, 0.5) is 0 Å². The lowest BCUT2D eigenvalue weighted by Crippen LogP contribution is -1.95. The van der Waals surface area contributed by atoms with Crippen LogP contribution in [-0.2, 0) is 0 Å². The Morgan fingerprint density at radius 3 is 1.89 bits per heavy atom. The summed E-state index contributed by atoms with van der Waals surface area (Å²) in [5.74, 6) is -0.984. The number of aryl methyl sites for hydroxylation is 1. The zero-order chi connectivity index (χ0) is 13.4. The molecule has 2 aromatic rings. The third-order valence-electron chi connectivity index (χ3n) is 2.23. The van der Waals surface area contributed by atoms with Gasteiger partial charge in [0.1, 0.15) is 6.29 Å². The Balaban J connectivity index is 0.000000199. The van der Waals surface area contributed by atoms with Gasteiger partial charge in [-0.1, -0.05) is 48.0 Å². The van der Waals surface area contributed by atoms with E-state index in [1.54, 1.807) is 0 Å². The van der Waals surface area contributed by atoms with Crippen molar-refractivity contribution in [1.29, 1.82) is 0 Å². The average Bonchev–Trinajstić information content (AvgIpc) is 2.40. The summed E-state index contributed by atoms with van der Waals surface area (Å²) in [4.78, 5) is 20.5. The molecule has 0 radical (unpaired) electrons. The van der Waals surface area contributed by atoms with Crippen molar-refractivity contribution in [1.82, 2.24) is 0 Å². The first-order valence-electron chi connectivity index (χ1n) is 5.43. The minimum Gasteiger partial charge on any atom is -0.478 e. The van der Waals surface area contributed by atoms with Crippen molar-refractivity contribution in [3.63, 3.8) is 0 Å². The maximum Gasteiger partial charge on any atom is 0.335 e. The molecule has 0 aliphatic rings. The molecule has 0 bridgehead atoms. The summed E-state index contributed by atoms with van der Waals surface area (Å²) in [6, 6.07) is 16.0. The molecule has 0 fully saturated rings. The van der Waals surface area contributed by atoms with Crippen molar-refractivity contribution in [3.05, 3.63) is 71.3 Å². The maximum absolute atomic E-state index is 10.3. The fourth-order valence-corrected chi connectivity index (χ4v) is 1.24. The molecule has 0 saturated carbocycles.